The molecule has 1 N–H and O–H groups in total. The number of rotatable bonds is 5. The topological polar surface area (TPSA) is 52.9 Å². The van der Waals surface area contributed by atoms with Crippen LogP contribution in [0.1, 0.15) is 25.7 Å². The van der Waals surface area contributed by atoms with Gasteiger partial charge in [0.15, 0.2) is 0 Å². The predicted molar refractivity (Wildman–Crippen MR) is 91.3 cm³/mol. The van der Waals surface area contributed by atoms with Crippen molar-refractivity contribution < 1.29 is 21.9 Å². The van der Waals surface area contributed by atoms with Crippen LogP contribution in [-0.2, 0) is 21.9 Å². The number of carbonyl (C=O) groups excluding carboxylic acids is 1. The minimum absolute atomic E-state index is 0. The first-order valence-corrected chi connectivity index (χ1v) is 9.08. The average Bonchev–Trinajstić information content (AvgIpc) is 2.54. The SMILES string of the molecule is N#CCNC(=O)C1CCCCC1CSc1ccc(Cl)c(Cl)c1.[Fe]. The minimum atomic E-state index is 0. The Balaban J connectivity index is 0.00000264. The Kier molecular flexibility index (Phi) is 9.42. The van der Waals surface area contributed by atoms with E-state index in [9.17, 15) is 4.79 Å². The van der Waals surface area contributed by atoms with Gasteiger partial charge in [-0.05, 0) is 37.0 Å². The minimum Gasteiger partial charge on any atom is -0.343 e. The van der Waals surface area contributed by atoms with Crippen LogP contribution in [0.3, 0.4) is 0 Å². The number of benzene rings is 1. The van der Waals surface area contributed by atoms with E-state index in [0.717, 1.165) is 36.3 Å². The molecule has 0 aliphatic heterocycles. The standard InChI is InChI=1S/C16H18Cl2N2OS.Fe/c17-14-6-5-12(9-15(14)18)22-10-11-3-1-2-4-13(11)16(21)20-8-7-19;/h5-6,9,11,13H,1-4,8,10H2,(H,20,21);. The zero-order chi connectivity index (χ0) is 15.9. The van der Waals surface area contributed by atoms with Gasteiger partial charge in [-0.3, -0.25) is 4.79 Å². The Morgan fingerprint density at radius 3 is 2.74 bits per heavy atom. The van der Waals surface area contributed by atoms with Crippen LogP contribution in [0.15, 0.2) is 23.1 Å². The number of thioether (sulfide) groups is 1. The van der Waals surface area contributed by atoms with Crippen LogP contribution in [0.4, 0.5) is 0 Å². The van der Waals surface area contributed by atoms with Gasteiger partial charge in [0.1, 0.15) is 6.54 Å². The largest absolute Gasteiger partial charge is 0.343 e. The van der Waals surface area contributed by atoms with Crippen molar-refractivity contribution in [2.75, 3.05) is 12.3 Å². The number of carbonyl (C=O) groups is 1. The van der Waals surface area contributed by atoms with Crippen molar-refractivity contribution >= 4 is 40.9 Å². The molecule has 2 atom stereocenters. The van der Waals surface area contributed by atoms with Gasteiger partial charge in [-0.1, -0.05) is 36.0 Å². The monoisotopic (exact) mass is 412 g/mol. The normalized spacial score (nSPS) is 20.2. The van der Waals surface area contributed by atoms with Crippen LogP contribution in [0.5, 0.6) is 0 Å². The van der Waals surface area contributed by atoms with Gasteiger partial charge in [-0.25, -0.2) is 0 Å². The number of hydrogen-bond donors (Lipinski definition) is 1. The van der Waals surface area contributed by atoms with Crippen molar-refractivity contribution in [3.63, 3.8) is 0 Å². The van der Waals surface area contributed by atoms with Gasteiger partial charge in [0.2, 0.25) is 5.91 Å². The number of amides is 1. The van der Waals surface area contributed by atoms with Crippen molar-refractivity contribution in [2.24, 2.45) is 11.8 Å². The maximum Gasteiger partial charge on any atom is 0.224 e. The van der Waals surface area contributed by atoms with E-state index in [4.69, 9.17) is 28.5 Å². The van der Waals surface area contributed by atoms with Crippen LogP contribution in [-0.4, -0.2) is 18.2 Å². The number of nitriles is 1. The summed E-state index contributed by atoms with van der Waals surface area (Å²) in [5, 5.41) is 12.4. The summed E-state index contributed by atoms with van der Waals surface area (Å²) in [7, 11) is 0. The fraction of sp³-hybridized carbons (Fsp3) is 0.500. The van der Waals surface area contributed by atoms with E-state index in [1.165, 1.54) is 0 Å². The van der Waals surface area contributed by atoms with Gasteiger partial charge in [0, 0.05) is 33.6 Å². The molecule has 2 rings (SSSR count). The van der Waals surface area contributed by atoms with E-state index in [1.54, 1.807) is 17.8 Å². The van der Waals surface area contributed by atoms with Crippen LogP contribution in [0.25, 0.3) is 0 Å². The van der Waals surface area contributed by atoms with Gasteiger partial charge < -0.3 is 5.32 Å². The van der Waals surface area contributed by atoms with E-state index in [1.807, 2.05) is 18.2 Å². The third-order valence-electron chi connectivity index (χ3n) is 3.94. The maximum absolute atomic E-state index is 12.2. The Morgan fingerprint density at radius 1 is 1.30 bits per heavy atom. The molecular weight excluding hydrogens is 395 g/mol. The molecule has 1 aliphatic carbocycles. The van der Waals surface area contributed by atoms with Gasteiger partial charge >= 0.3 is 0 Å². The molecule has 1 aromatic carbocycles. The van der Waals surface area contributed by atoms with E-state index in [0.29, 0.717) is 16.0 Å². The average molecular weight is 413 g/mol. The molecule has 0 saturated heterocycles. The second-order valence-electron chi connectivity index (χ2n) is 5.41. The van der Waals surface area contributed by atoms with Crippen molar-refractivity contribution in [2.45, 2.75) is 30.6 Å². The predicted octanol–water partition coefficient (Wildman–Crippen LogP) is 4.53. The molecule has 0 radical (unpaired) electrons. The molecule has 1 aromatic rings. The van der Waals surface area contributed by atoms with E-state index >= 15 is 0 Å². The zero-order valence-corrected chi connectivity index (χ0v) is 15.9. The van der Waals surface area contributed by atoms with Crippen LogP contribution in [0.2, 0.25) is 10.0 Å². The molecule has 23 heavy (non-hydrogen) atoms. The summed E-state index contributed by atoms with van der Waals surface area (Å²) in [6.07, 6.45) is 4.20. The molecule has 0 spiro atoms. The third-order valence-corrected chi connectivity index (χ3v) is 5.86. The molecule has 0 bridgehead atoms. The summed E-state index contributed by atoms with van der Waals surface area (Å²) in [6.45, 7) is 0.0853. The summed E-state index contributed by atoms with van der Waals surface area (Å²) in [4.78, 5) is 13.2. The quantitative estimate of drug-likeness (QED) is 0.439. The van der Waals surface area contributed by atoms with Crippen LogP contribution < -0.4 is 5.32 Å². The molecule has 0 aromatic heterocycles. The Bertz CT molecular complexity index is 580. The maximum atomic E-state index is 12.2. The molecule has 1 fully saturated rings. The van der Waals surface area contributed by atoms with Crippen molar-refractivity contribution in [3.05, 3.63) is 28.2 Å². The van der Waals surface area contributed by atoms with Gasteiger partial charge in [0.05, 0.1) is 16.1 Å². The van der Waals surface area contributed by atoms with Crippen molar-refractivity contribution in [1.82, 2.24) is 5.32 Å². The summed E-state index contributed by atoms with van der Waals surface area (Å²) in [6, 6.07) is 7.57. The molecule has 126 valence electrons. The molecule has 3 nitrogen and oxygen atoms in total. The summed E-state index contributed by atoms with van der Waals surface area (Å²) in [5.41, 5.74) is 0. The van der Waals surface area contributed by atoms with Crippen LogP contribution in [0, 0.1) is 23.2 Å². The molecular formula is C16H18Cl2FeN2OS. The first kappa shape index (κ1) is 20.7. The first-order chi connectivity index (χ1) is 10.6. The number of nitrogens with zero attached hydrogens (tertiary/aromatic N) is 1. The third kappa shape index (κ3) is 6.21. The van der Waals surface area contributed by atoms with Crippen molar-refractivity contribution in [3.8, 4) is 6.07 Å². The summed E-state index contributed by atoms with van der Waals surface area (Å²) < 4.78 is 0. The Hall–Kier alpha value is -0.371. The zero-order valence-electron chi connectivity index (χ0n) is 12.5. The molecule has 1 saturated carbocycles. The fourth-order valence-corrected chi connectivity index (χ4v) is 4.31. The molecule has 1 aliphatic rings. The smallest absolute Gasteiger partial charge is 0.224 e. The number of nitrogens with one attached hydrogen (secondary N) is 1. The molecule has 1 amide bonds. The van der Waals surface area contributed by atoms with E-state index in [-0.39, 0.29) is 35.4 Å². The molecule has 7 heteroatoms. The van der Waals surface area contributed by atoms with Gasteiger partial charge in [-0.2, -0.15) is 5.26 Å². The van der Waals surface area contributed by atoms with Crippen LogP contribution >= 0.6 is 35.0 Å². The molecule has 0 heterocycles. The Labute approximate surface area is 162 Å². The fourth-order valence-electron chi connectivity index (χ4n) is 2.78. The molecule has 2 unspecified atom stereocenters. The van der Waals surface area contributed by atoms with Crippen molar-refractivity contribution in [1.29, 1.82) is 5.26 Å². The van der Waals surface area contributed by atoms with E-state index < -0.39 is 0 Å². The second kappa shape index (κ2) is 10.5. The van der Waals surface area contributed by atoms with Gasteiger partial charge in [0.25, 0.3) is 0 Å². The summed E-state index contributed by atoms with van der Waals surface area (Å²) in [5.74, 6) is 1.24. The number of halogens is 2. The number of hydrogen-bond acceptors (Lipinski definition) is 3. The summed E-state index contributed by atoms with van der Waals surface area (Å²) >= 11 is 13.7. The first-order valence-electron chi connectivity index (χ1n) is 7.34. The Morgan fingerprint density at radius 2 is 2.04 bits per heavy atom. The van der Waals surface area contributed by atoms with Gasteiger partial charge in [-0.15, -0.1) is 11.8 Å². The second-order valence-corrected chi connectivity index (χ2v) is 7.32. The van der Waals surface area contributed by atoms with E-state index in [2.05, 4.69) is 5.32 Å².